The van der Waals surface area contributed by atoms with Crippen molar-refractivity contribution in [1.29, 1.82) is 0 Å². The van der Waals surface area contributed by atoms with Gasteiger partial charge in [-0.25, -0.2) is 19.9 Å². The number of hydrogen-bond donors (Lipinski definition) is 1. The maximum Gasteiger partial charge on any atom is 0.0972 e. The van der Waals surface area contributed by atoms with Crippen LogP contribution in [0.15, 0.2) is 170 Å². The summed E-state index contributed by atoms with van der Waals surface area (Å²) in [5.74, 6) is 0.381. The third-order valence-electron chi connectivity index (χ3n) is 12.3. The predicted octanol–water partition coefficient (Wildman–Crippen LogP) is 12.6. The lowest BCUT2D eigenvalue weighted by atomic mass is 9.64. The first-order valence-corrected chi connectivity index (χ1v) is 20.3. The van der Waals surface area contributed by atoms with Crippen molar-refractivity contribution in [1.82, 2.24) is 25.3 Å². The van der Waals surface area contributed by atoms with Gasteiger partial charge < -0.3 is 5.32 Å². The molecule has 58 heavy (non-hydrogen) atoms. The highest BCUT2D eigenvalue weighted by molar-refractivity contribution is 6.04. The van der Waals surface area contributed by atoms with E-state index in [1.54, 1.807) is 0 Å². The van der Waals surface area contributed by atoms with E-state index in [-0.39, 0.29) is 5.41 Å². The van der Waals surface area contributed by atoms with Crippen LogP contribution < -0.4 is 5.32 Å². The zero-order chi connectivity index (χ0) is 38.8. The first-order valence-electron chi connectivity index (χ1n) is 20.3. The van der Waals surface area contributed by atoms with E-state index in [0.29, 0.717) is 5.92 Å². The van der Waals surface area contributed by atoms with Crippen molar-refractivity contribution < 1.29 is 0 Å². The van der Waals surface area contributed by atoms with Crippen LogP contribution in [0.4, 0.5) is 0 Å². The van der Waals surface area contributed by atoms with Gasteiger partial charge in [0.2, 0.25) is 0 Å². The Balaban J connectivity index is 0.896. The van der Waals surface area contributed by atoms with Crippen LogP contribution >= 0.6 is 0 Å². The van der Waals surface area contributed by atoms with Gasteiger partial charge in [-0.05, 0) is 89.7 Å². The monoisotopic (exact) mass is 747 g/mol. The molecule has 8 aromatic rings. The molecule has 0 saturated carbocycles. The first-order chi connectivity index (χ1) is 28.4. The third kappa shape index (κ3) is 6.02. The molecular formula is C53H41N5. The molecule has 5 nitrogen and oxygen atoms in total. The average Bonchev–Trinajstić information content (AvgIpc) is 3.28. The maximum absolute atomic E-state index is 5.30. The van der Waals surface area contributed by atoms with E-state index in [1.165, 1.54) is 22.3 Å². The van der Waals surface area contributed by atoms with Crippen molar-refractivity contribution in [3.05, 3.63) is 186 Å². The molecule has 11 rings (SSSR count). The molecule has 278 valence electrons. The number of pyridine rings is 4. The number of rotatable bonds is 5. The molecular weight excluding hydrogens is 707 g/mol. The fourth-order valence-electron chi connectivity index (χ4n) is 9.20. The van der Waals surface area contributed by atoms with E-state index in [1.807, 2.05) is 12.3 Å². The van der Waals surface area contributed by atoms with E-state index in [2.05, 4.69) is 171 Å². The van der Waals surface area contributed by atoms with Crippen LogP contribution in [0.5, 0.6) is 0 Å². The molecule has 2 aliphatic carbocycles. The molecule has 0 spiro atoms. The van der Waals surface area contributed by atoms with E-state index < -0.39 is 0 Å². The lowest BCUT2D eigenvalue weighted by molar-refractivity contribution is 0.433. The third-order valence-corrected chi connectivity index (χ3v) is 12.3. The maximum atomic E-state index is 5.30. The summed E-state index contributed by atoms with van der Waals surface area (Å²) in [6, 6.07) is 45.1. The van der Waals surface area contributed by atoms with Crippen LogP contribution in [0, 0.1) is 11.3 Å². The molecule has 4 aromatic heterocycles. The van der Waals surface area contributed by atoms with Crippen molar-refractivity contribution in [2.45, 2.75) is 26.7 Å². The minimum Gasteiger partial charge on any atom is -0.387 e. The Morgan fingerprint density at radius 2 is 1.16 bits per heavy atom. The summed E-state index contributed by atoms with van der Waals surface area (Å²) in [5, 5.41) is 7.69. The molecule has 0 amide bonds. The number of dihydropyridines is 1. The minimum atomic E-state index is -0.0760. The van der Waals surface area contributed by atoms with Crippen LogP contribution in [0.1, 0.15) is 43.6 Å². The van der Waals surface area contributed by atoms with Crippen molar-refractivity contribution in [2.24, 2.45) is 11.3 Å². The lowest BCUT2D eigenvalue weighted by Gasteiger charge is -2.40. The van der Waals surface area contributed by atoms with Gasteiger partial charge in [0.1, 0.15) is 0 Å². The van der Waals surface area contributed by atoms with Gasteiger partial charge >= 0.3 is 0 Å². The van der Waals surface area contributed by atoms with E-state index >= 15 is 0 Å². The number of allylic oxidation sites excluding steroid dienone is 8. The van der Waals surface area contributed by atoms with Gasteiger partial charge in [-0.15, -0.1) is 0 Å². The first kappa shape index (κ1) is 34.3. The molecule has 1 N–H and O–H groups in total. The Morgan fingerprint density at radius 1 is 0.569 bits per heavy atom. The quantitative estimate of drug-likeness (QED) is 0.178. The Morgan fingerprint density at radius 3 is 1.88 bits per heavy atom. The molecule has 2 atom stereocenters. The topological polar surface area (TPSA) is 63.6 Å². The average molecular weight is 748 g/mol. The van der Waals surface area contributed by atoms with E-state index in [0.717, 1.165) is 102 Å². The predicted molar refractivity (Wildman–Crippen MR) is 241 cm³/mol. The molecule has 5 heterocycles. The Labute approximate surface area is 337 Å². The van der Waals surface area contributed by atoms with Crippen LogP contribution in [-0.4, -0.2) is 26.5 Å². The van der Waals surface area contributed by atoms with Crippen molar-refractivity contribution >= 4 is 60.3 Å². The summed E-state index contributed by atoms with van der Waals surface area (Å²) >= 11 is 0. The molecule has 0 fully saturated rings. The molecule has 4 aromatic carbocycles. The fraction of sp³-hybridized carbons (Fsp3) is 0.132. The van der Waals surface area contributed by atoms with E-state index in [4.69, 9.17) is 19.9 Å². The SMILES string of the molecule is CC1CC(c2ccc3ccc(-c4ccc5ccc(C6=CCNC=C6)nc5c4)nc3c2)=CC2(C)CC=C(c3ccc4ccc5ccc(-c6ccccc6)nc5c4n3)C=C12. The van der Waals surface area contributed by atoms with Crippen LogP contribution in [0.2, 0.25) is 0 Å². The summed E-state index contributed by atoms with van der Waals surface area (Å²) in [6.45, 7) is 5.59. The van der Waals surface area contributed by atoms with Gasteiger partial charge in [-0.1, -0.05) is 135 Å². The molecule has 3 aliphatic rings. The molecule has 0 radical (unpaired) electrons. The Kier molecular flexibility index (Phi) is 8.04. The number of nitrogens with zero attached hydrogens (tertiary/aromatic N) is 4. The van der Waals surface area contributed by atoms with Gasteiger partial charge in [-0.3, -0.25) is 0 Å². The highest BCUT2D eigenvalue weighted by Gasteiger charge is 2.36. The zero-order valence-electron chi connectivity index (χ0n) is 32.6. The number of aromatic nitrogens is 4. The smallest absolute Gasteiger partial charge is 0.0972 e. The zero-order valence-corrected chi connectivity index (χ0v) is 32.6. The van der Waals surface area contributed by atoms with Crippen molar-refractivity contribution in [3.63, 3.8) is 0 Å². The van der Waals surface area contributed by atoms with Crippen molar-refractivity contribution in [3.8, 4) is 22.5 Å². The molecule has 5 heteroatoms. The summed E-state index contributed by atoms with van der Waals surface area (Å²) in [4.78, 5) is 20.7. The summed E-state index contributed by atoms with van der Waals surface area (Å²) in [6.07, 6.45) is 15.5. The molecule has 1 aliphatic heterocycles. The van der Waals surface area contributed by atoms with Gasteiger partial charge in [-0.2, -0.15) is 0 Å². The van der Waals surface area contributed by atoms with Crippen LogP contribution in [0.3, 0.4) is 0 Å². The van der Waals surface area contributed by atoms with E-state index in [9.17, 15) is 0 Å². The van der Waals surface area contributed by atoms with Gasteiger partial charge in [0.15, 0.2) is 0 Å². The van der Waals surface area contributed by atoms with Gasteiger partial charge in [0.05, 0.1) is 44.8 Å². The normalized spacial score (nSPS) is 19.0. The number of nitrogens with one attached hydrogen (secondary N) is 1. The summed E-state index contributed by atoms with van der Waals surface area (Å²) in [5.41, 5.74) is 16.3. The highest BCUT2D eigenvalue weighted by Crippen LogP contribution is 2.51. The second-order valence-electron chi connectivity index (χ2n) is 16.2. The minimum absolute atomic E-state index is 0.0760. The fourth-order valence-corrected chi connectivity index (χ4v) is 9.20. The molecule has 0 bridgehead atoms. The molecule has 0 saturated heterocycles. The summed E-state index contributed by atoms with van der Waals surface area (Å²) in [7, 11) is 0. The number of fused-ring (bicyclic) bond motifs is 6. The van der Waals surface area contributed by atoms with Crippen LogP contribution in [0.25, 0.3) is 82.8 Å². The van der Waals surface area contributed by atoms with Crippen molar-refractivity contribution in [2.75, 3.05) is 6.54 Å². The lowest BCUT2D eigenvalue weighted by Crippen LogP contribution is -2.27. The molecule has 2 unspecified atom stereocenters. The number of benzene rings is 4. The Hall–Kier alpha value is -6.98. The summed E-state index contributed by atoms with van der Waals surface area (Å²) < 4.78 is 0. The second kappa shape index (κ2) is 13.6. The highest BCUT2D eigenvalue weighted by atomic mass is 14.8. The largest absolute Gasteiger partial charge is 0.387 e. The van der Waals surface area contributed by atoms with Gasteiger partial charge in [0, 0.05) is 44.6 Å². The van der Waals surface area contributed by atoms with Crippen LogP contribution in [-0.2, 0) is 0 Å². The Bertz CT molecular complexity index is 3150. The standard InChI is InChI=1S/C53H41N5/c1-33-28-43(40-12-8-35-15-19-47(56-49(35)30-40)41-13-9-36-14-18-45(55-50(36)31-41)37-23-26-54-27-24-37)32-53(2)25-22-42(29-44(33)53)48-21-17-39-11-10-38-16-20-46(34-6-4-3-5-7-34)57-51(38)52(39)58-48/h3-24,26,29-33,54H,25,27-28H2,1-2H3. The van der Waals surface area contributed by atoms with Gasteiger partial charge in [0.25, 0.3) is 0 Å². The number of hydrogen-bond acceptors (Lipinski definition) is 5. The second-order valence-corrected chi connectivity index (χ2v) is 16.2.